The van der Waals surface area contributed by atoms with Crippen molar-refractivity contribution in [3.63, 3.8) is 0 Å². The summed E-state index contributed by atoms with van der Waals surface area (Å²) in [6.07, 6.45) is 6.24. The number of hydrogen-bond donors (Lipinski definition) is 2. The van der Waals surface area contributed by atoms with Crippen molar-refractivity contribution in [2.75, 3.05) is 12.8 Å². The van der Waals surface area contributed by atoms with Crippen LogP contribution in [0.4, 0.5) is 0 Å². The Morgan fingerprint density at radius 3 is 2.38 bits per heavy atom. The predicted octanol–water partition coefficient (Wildman–Crippen LogP) is 2.36. The molecule has 4 heteroatoms. The summed E-state index contributed by atoms with van der Waals surface area (Å²) in [4.78, 5) is 10.9. The molecule has 1 saturated carbocycles. The third-order valence-electron chi connectivity index (χ3n) is 4.00. The van der Waals surface area contributed by atoms with Crippen molar-refractivity contribution in [1.82, 2.24) is 5.32 Å². The number of thioether (sulfide) groups is 1. The molecule has 0 amide bonds. The van der Waals surface area contributed by atoms with Gasteiger partial charge >= 0.3 is 5.97 Å². The van der Waals surface area contributed by atoms with Crippen LogP contribution in [-0.2, 0) is 4.79 Å². The molecule has 94 valence electrons. The fraction of sp³-hybridized carbons (Fsp3) is 0.917. The molecule has 1 aliphatic carbocycles. The highest BCUT2D eigenvalue weighted by molar-refractivity contribution is 8.00. The Hall–Kier alpha value is -0.220. The van der Waals surface area contributed by atoms with E-state index in [1.165, 1.54) is 0 Å². The van der Waals surface area contributed by atoms with Gasteiger partial charge in [0.1, 0.15) is 0 Å². The minimum atomic E-state index is -0.647. The van der Waals surface area contributed by atoms with Gasteiger partial charge in [-0.15, -0.1) is 0 Å². The summed E-state index contributed by atoms with van der Waals surface area (Å²) in [5.74, 6) is -0.806. The Morgan fingerprint density at radius 2 is 2.06 bits per heavy atom. The molecule has 0 radical (unpaired) electrons. The Balaban J connectivity index is 2.41. The minimum absolute atomic E-state index is 0.159. The van der Waals surface area contributed by atoms with Crippen LogP contribution in [0.5, 0.6) is 0 Å². The van der Waals surface area contributed by atoms with Gasteiger partial charge in [0.2, 0.25) is 0 Å². The smallest absolute Gasteiger partial charge is 0.308 e. The Kier molecular flexibility index (Phi) is 5.12. The molecule has 2 atom stereocenters. The summed E-state index contributed by atoms with van der Waals surface area (Å²) >= 11 is 1.89. The SMILES string of the molecule is CCC(CC)(CNC1CCC1C(=O)O)SC. The van der Waals surface area contributed by atoms with E-state index >= 15 is 0 Å². The molecule has 0 saturated heterocycles. The van der Waals surface area contributed by atoms with Crippen molar-refractivity contribution in [3.8, 4) is 0 Å². The minimum Gasteiger partial charge on any atom is -0.481 e. The lowest BCUT2D eigenvalue weighted by molar-refractivity contribution is -0.146. The van der Waals surface area contributed by atoms with Crippen LogP contribution in [0.15, 0.2) is 0 Å². The van der Waals surface area contributed by atoms with Gasteiger partial charge in [0, 0.05) is 17.3 Å². The van der Waals surface area contributed by atoms with Crippen molar-refractivity contribution in [2.45, 2.75) is 50.3 Å². The Morgan fingerprint density at radius 1 is 1.44 bits per heavy atom. The van der Waals surface area contributed by atoms with E-state index in [2.05, 4.69) is 25.4 Å². The molecular formula is C12H23NO2S. The van der Waals surface area contributed by atoms with E-state index in [4.69, 9.17) is 5.11 Å². The highest BCUT2D eigenvalue weighted by Crippen LogP contribution is 2.32. The number of rotatable bonds is 7. The first-order chi connectivity index (χ1) is 7.58. The third kappa shape index (κ3) is 2.92. The molecule has 16 heavy (non-hydrogen) atoms. The lowest BCUT2D eigenvalue weighted by Gasteiger charge is -2.38. The van der Waals surface area contributed by atoms with Crippen molar-refractivity contribution < 1.29 is 9.90 Å². The predicted molar refractivity (Wildman–Crippen MR) is 69.0 cm³/mol. The molecule has 0 bridgehead atoms. The van der Waals surface area contributed by atoms with Crippen molar-refractivity contribution in [2.24, 2.45) is 5.92 Å². The summed E-state index contributed by atoms with van der Waals surface area (Å²) in [5, 5.41) is 12.4. The van der Waals surface area contributed by atoms with Gasteiger partial charge in [-0.2, -0.15) is 11.8 Å². The van der Waals surface area contributed by atoms with Crippen molar-refractivity contribution >= 4 is 17.7 Å². The van der Waals surface area contributed by atoms with Crippen LogP contribution in [0.3, 0.4) is 0 Å². The molecule has 2 unspecified atom stereocenters. The summed E-state index contributed by atoms with van der Waals surface area (Å²) in [7, 11) is 0. The van der Waals surface area contributed by atoms with Crippen LogP contribution in [0, 0.1) is 5.92 Å². The molecule has 1 fully saturated rings. The molecule has 0 spiro atoms. The fourth-order valence-electron chi connectivity index (χ4n) is 2.22. The first-order valence-electron chi connectivity index (χ1n) is 6.10. The maximum atomic E-state index is 10.9. The molecule has 0 aromatic carbocycles. The molecule has 0 aliphatic heterocycles. The van der Waals surface area contributed by atoms with Crippen LogP contribution in [0.25, 0.3) is 0 Å². The number of carboxylic acid groups (broad SMARTS) is 1. The lowest BCUT2D eigenvalue weighted by Crippen LogP contribution is -2.51. The normalized spacial score (nSPS) is 25.2. The first-order valence-corrected chi connectivity index (χ1v) is 7.32. The maximum Gasteiger partial charge on any atom is 0.308 e. The summed E-state index contributed by atoms with van der Waals surface area (Å²) in [5.41, 5.74) is 0. The molecule has 1 rings (SSSR count). The van der Waals surface area contributed by atoms with E-state index in [1.54, 1.807) is 0 Å². The molecule has 2 N–H and O–H groups in total. The number of carbonyl (C=O) groups is 1. The van der Waals surface area contributed by atoms with Gasteiger partial charge in [-0.3, -0.25) is 4.79 Å². The maximum absolute atomic E-state index is 10.9. The van der Waals surface area contributed by atoms with Crippen molar-refractivity contribution in [3.05, 3.63) is 0 Å². The van der Waals surface area contributed by atoms with E-state index in [0.29, 0.717) is 0 Å². The average Bonchev–Trinajstić information content (AvgIpc) is 2.23. The van der Waals surface area contributed by atoms with Crippen LogP contribution >= 0.6 is 11.8 Å². The Bertz CT molecular complexity index is 233. The van der Waals surface area contributed by atoms with Gasteiger partial charge in [-0.05, 0) is 31.9 Å². The van der Waals surface area contributed by atoms with E-state index in [1.807, 2.05) is 11.8 Å². The number of aliphatic carboxylic acids is 1. The second-order valence-electron chi connectivity index (χ2n) is 4.60. The van der Waals surface area contributed by atoms with Gasteiger partial charge in [0.15, 0.2) is 0 Å². The van der Waals surface area contributed by atoms with Crippen LogP contribution in [0.1, 0.15) is 39.5 Å². The van der Waals surface area contributed by atoms with Gasteiger partial charge in [-0.1, -0.05) is 13.8 Å². The molecular weight excluding hydrogens is 222 g/mol. The number of hydrogen-bond acceptors (Lipinski definition) is 3. The monoisotopic (exact) mass is 245 g/mol. The Labute approximate surface area is 102 Å². The number of carboxylic acids is 1. The molecule has 3 nitrogen and oxygen atoms in total. The summed E-state index contributed by atoms with van der Waals surface area (Å²) in [6.45, 7) is 5.34. The van der Waals surface area contributed by atoms with Crippen LogP contribution < -0.4 is 5.32 Å². The second kappa shape index (κ2) is 5.92. The quantitative estimate of drug-likeness (QED) is 0.723. The zero-order valence-corrected chi connectivity index (χ0v) is 11.3. The number of nitrogens with one attached hydrogen (secondary N) is 1. The fourth-order valence-corrected chi connectivity index (χ4v) is 3.02. The molecule has 0 aromatic rings. The van der Waals surface area contributed by atoms with Gasteiger partial charge in [0.25, 0.3) is 0 Å². The summed E-state index contributed by atoms with van der Waals surface area (Å²) in [6, 6.07) is 0.196. The topological polar surface area (TPSA) is 49.3 Å². The molecule has 1 aliphatic rings. The van der Waals surface area contributed by atoms with Gasteiger partial charge < -0.3 is 10.4 Å². The first kappa shape index (κ1) is 13.8. The van der Waals surface area contributed by atoms with Crippen LogP contribution in [0.2, 0.25) is 0 Å². The third-order valence-corrected chi connectivity index (χ3v) is 5.59. The molecule has 0 aromatic heterocycles. The van der Waals surface area contributed by atoms with E-state index < -0.39 is 5.97 Å². The highest BCUT2D eigenvalue weighted by Gasteiger charge is 2.37. The zero-order valence-electron chi connectivity index (χ0n) is 10.5. The molecule has 0 heterocycles. The zero-order chi connectivity index (χ0) is 12.2. The van der Waals surface area contributed by atoms with E-state index in [0.717, 1.165) is 32.2 Å². The largest absolute Gasteiger partial charge is 0.481 e. The van der Waals surface area contributed by atoms with Gasteiger partial charge in [0.05, 0.1) is 5.92 Å². The van der Waals surface area contributed by atoms with Crippen LogP contribution in [-0.4, -0.2) is 34.7 Å². The summed E-state index contributed by atoms with van der Waals surface area (Å²) < 4.78 is 0.276. The second-order valence-corrected chi connectivity index (χ2v) is 5.88. The van der Waals surface area contributed by atoms with Crippen molar-refractivity contribution in [1.29, 1.82) is 0 Å². The van der Waals surface area contributed by atoms with E-state index in [-0.39, 0.29) is 16.7 Å². The average molecular weight is 245 g/mol. The van der Waals surface area contributed by atoms with E-state index in [9.17, 15) is 4.79 Å². The van der Waals surface area contributed by atoms with Gasteiger partial charge in [-0.25, -0.2) is 0 Å². The lowest BCUT2D eigenvalue weighted by atomic mass is 9.79. The highest BCUT2D eigenvalue weighted by atomic mass is 32.2. The standard InChI is InChI=1S/C12H23NO2S/c1-4-12(5-2,16-3)8-13-10-7-6-9(10)11(14)15/h9-10,13H,4-8H2,1-3H3,(H,14,15).